The van der Waals surface area contributed by atoms with Crippen LogP contribution in [0.1, 0.15) is 50.2 Å². The third-order valence-electron chi connectivity index (χ3n) is 4.25. The van der Waals surface area contributed by atoms with E-state index in [1.54, 1.807) is 5.57 Å². The molecule has 1 aromatic rings. The molecule has 1 aromatic carbocycles. The van der Waals surface area contributed by atoms with Crippen LogP contribution in [-0.2, 0) is 0 Å². The Balaban J connectivity index is 1.70. The van der Waals surface area contributed by atoms with Gasteiger partial charge in [0, 0.05) is 19.1 Å². The molecule has 1 saturated carbocycles. The first-order chi connectivity index (χ1) is 8.74. The normalized spacial score (nSPS) is 21.2. The van der Waals surface area contributed by atoms with E-state index in [4.69, 9.17) is 0 Å². The van der Waals surface area contributed by atoms with Crippen LogP contribution < -0.4 is 0 Å². The molecule has 1 aliphatic heterocycles. The van der Waals surface area contributed by atoms with E-state index in [0.29, 0.717) is 5.92 Å². The molecule has 0 spiro atoms. The van der Waals surface area contributed by atoms with Crippen LogP contribution in [0.2, 0.25) is 0 Å². The zero-order valence-electron chi connectivity index (χ0n) is 11.5. The number of nitrogens with zero attached hydrogens (tertiary/aromatic N) is 1. The molecule has 18 heavy (non-hydrogen) atoms. The number of hydrogen-bond donors (Lipinski definition) is 0. The molecule has 96 valence electrons. The molecule has 0 N–H and O–H groups in total. The zero-order valence-corrected chi connectivity index (χ0v) is 11.5. The second-order valence-corrected chi connectivity index (χ2v) is 5.98. The molecule has 2 aliphatic rings. The fourth-order valence-electron chi connectivity index (χ4n) is 2.80. The molecule has 0 bridgehead atoms. The summed E-state index contributed by atoms with van der Waals surface area (Å²) in [6.45, 7) is 6.92. The third-order valence-corrected chi connectivity index (χ3v) is 4.25. The predicted molar refractivity (Wildman–Crippen MR) is 77.7 cm³/mol. The Morgan fingerprint density at radius 1 is 1.11 bits per heavy atom. The molecule has 0 aromatic heterocycles. The van der Waals surface area contributed by atoms with Gasteiger partial charge in [-0.1, -0.05) is 44.2 Å². The Morgan fingerprint density at radius 2 is 1.83 bits per heavy atom. The van der Waals surface area contributed by atoms with Crippen molar-refractivity contribution < 1.29 is 0 Å². The van der Waals surface area contributed by atoms with E-state index < -0.39 is 0 Å². The summed E-state index contributed by atoms with van der Waals surface area (Å²) >= 11 is 0. The Morgan fingerprint density at radius 3 is 2.33 bits per heavy atom. The zero-order chi connectivity index (χ0) is 12.5. The van der Waals surface area contributed by atoms with E-state index >= 15 is 0 Å². The molecule has 1 heterocycles. The van der Waals surface area contributed by atoms with Crippen molar-refractivity contribution in [1.29, 1.82) is 0 Å². The number of rotatable bonds is 3. The van der Waals surface area contributed by atoms with Crippen molar-refractivity contribution in [2.75, 3.05) is 13.1 Å². The second-order valence-electron chi connectivity index (χ2n) is 5.98. The maximum atomic E-state index is 2.63. The quantitative estimate of drug-likeness (QED) is 0.771. The van der Waals surface area contributed by atoms with Crippen molar-refractivity contribution in [2.45, 2.75) is 45.1 Å². The molecule has 1 fully saturated rings. The van der Waals surface area contributed by atoms with Gasteiger partial charge in [-0.2, -0.15) is 0 Å². The molecule has 1 aliphatic carbocycles. The van der Waals surface area contributed by atoms with Crippen molar-refractivity contribution >= 4 is 5.57 Å². The van der Waals surface area contributed by atoms with Crippen LogP contribution in [0.5, 0.6) is 0 Å². The molecule has 0 radical (unpaired) electrons. The topological polar surface area (TPSA) is 3.24 Å². The molecule has 0 amide bonds. The van der Waals surface area contributed by atoms with Crippen LogP contribution in [0.25, 0.3) is 5.57 Å². The van der Waals surface area contributed by atoms with E-state index in [9.17, 15) is 0 Å². The Labute approximate surface area is 111 Å². The van der Waals surface area contributed by atoms with Gasteiger partial charge in [-0.15, -0.1) is 0 Å². The fourth-order valence-corrected chi connectivity index (χ4v) is 2.80. The largest absolute Gasteiger partial charge is 0.296 e. The molecule has 3 rings (SSSR count). The standard InChI is InChI=1S/C17H23N/c1-13(2)14-3-5-15(6-4-14)16-9-11-18(12-10-16)17-7-8-17/h3-6,9,13,17H,7-8,10-12H2,1-2H3. The summed E-state index contributed by atoms with van der Waals surface area (Å²) in [6, 6.07) is 10.1. The van der Waals surface area contributed by atoms with Crippen LogP contribution in [0.3, 0.4) is 0 Å². The lowest BCUT2D eigenvalue weighted by Crippen LogP contribution is -2.30. The Bertz CT molecular complexity index is 437. The van der Waals surface area contributed by atoms with Gasteiger partial charge in [0.2, 0.25) is 0 Å². The van der Waals surface area contributed by atoms with Crippen molar-refractivity contribution in [3.8, 4) is 0 Å². The summed E-state index contributed by atoms with van der Waals surface area (Å²) in [5.41, 5.74) is 4.41. The minimum Gasteiger partial charge on any atom is -0.296 e. The van der Waals surface area contributed by atoms with E-state index in [1.165, 1.54) is 36.9 Å². The second kappa shape index (κ2) is 4.89. The van der Waals surface area contributed by atoms with Crippen LogP contribution in [0.15, 0.2) is 30.3 Å². The maximum absolute atomic E-state index is 2.63. The molecular formula is C17H23N. The molecule has 1 heteroatoms. The Hall–Kier alpha value is -1.08. The maximum Gasteiger partial charge on any atom is 0.0172 e. The predicted octanol–water partition coefficient (Wildman–Crippen LogP) is 4.06. The van der Waals surface area contributed by atoms with Gasteiger partial charge in [-0.05, 0) is 41.9 Å². The molecule has 0 unspecified atom stereocenters. The van der Waals surface area contributed by atoms with Gasteiger partial charge >= 0.3 is 0 Å². The number of benzene rings is 1. The average molecular weight is 241 g/mol. The summed E-state index contributed by atoms with van der Waals surface area (Å²) < 4.78 is 0. The van der Waals surface area contributed by atoms with Crippen molar-refractivity contribution in [3.05, 3.63) is 41.5 Å². The summed E-state index contributed by atoms with van der Waals surface area (Å²) in [6.07, 6.45) is 6.50. The van der Waals surface area contributed by atoms with Gasteiger partial charge in [-0.3, -0.25) is 4.90 Å². The summed E-state index contributed by atoms with van der Waals surface area (Å²) in [5, 5.41) is 0. The van der Waals surface area contributed by atoms with Crippen molar-refractivity contribution in [1.82, 2.24) is 4.90 Å². The van der Waals surface area contributed by atoms with Crippen molar-refractivity contribution in [2.24, 2.45) is 0 Å². The highest BCUT2D eigenvalue weighted by atomic mass is 15.2. The monoisotopic (exact) mass is 241 g/mol. The highest BCUT2D eigenvalue weighted by Crippen LogP contribution is 2.31. The Kier molecular flexibility index (Phi) is 3.25. The molecule has 1 nitrogen and oxygen atoms in total. The van der Waals surface area contributed by atoms with Crippen LogP contribution in [-0.4, -0.2) is 24.0 Å². The highest BCUT2D eigenvalue weighted by Gasteiger charge is 2.29. The SMILES string of the molecule is CC(C)c1ccc(C2=CCN(C3CC3)CC2)cc1. The first kappa shape index (κ1) is 12.0. The first-order valence-corrected chi connectivity index (χ1v) is 7.27. The van der Waals surface area contributed by atoms with Crippen LogP contribution >= 0.6 is 0 Å². The minimum absolute atomic E-state index is 0.629. The minimum atomic E-state index is 0.629. The fraction of sp³-hybridized carbons (Fsp3) is 0.529. The highest BCUT2D eigenvalue weighted by molar-refractivity contribution is 5.66. The summed E-state index contributed by atoms with van der Waals surface area (Å²) in [7, 11) is 0. The summed E-state index contributed by atoms with van der Waals surface area (Å²) in [5.74, 6) is 0.629. The summed E-state index contributed by atoms with van der Waals surface area (Å²) in [4.78, 5) is 2.63. The lowest BCUT2D eigenvalue weighted by molar-refractivity contribution is 0.291. The van der Waals surface area contributed by atoms with Crippen molar-refractivity contribution in [3.63, 3.8) is 0 Å². The van der Waals surface area contributed by atoms with Crippen LogP contribution in [0.4, 0.5) is 0 Å². The van der Waals surface area contributed by atoms with Gasteiger partial charge in [0.25, 0.3) is 0 Å². The smallest absolute Gasteiger partial charge is 0.0172 e. The lowest BCUT2D eigenvalue weighted by atomic mass is 9.96. The van der Waals surface area contributed by atoms with E-state index in [-0.39, 0.29) is 0 Å². The third kappa shape index (κ3) is 2.51. The average Bonchev–Trinajstić information content (AvgIpc) is 3.23. The van der Waals surface area contributed by atoms with Gasteiger partial charge in [-0.25, -0.2) is 0 Å². The van der Waals surface area contributed by atoms with E-state index in [2.05, 4.69) is 49.1 Å². The molecular weight excluding hydrogens is 218 g/mol. The lowest BCUT2D eigenvalue weighted by Gasteiger charge is -2.26. The van der Waals surface area contributed by atoms with Gasteiger partial charge in [0.05, 0.1) is 0 Å². The van der Waals surface area contributed by atoms with Crippen LogP contribution in [0, 0.1) is 0 Å². The van der Waals surface area contributed by atoms with Gasteiger partial charge in [0.15, 0.2) is 0 Å². The van der Waals surface area contributed by atoms with E-state index in [0.717, 1.165) is 12.6 Å². The van der Waals surface area contributed by atoms with Gasteiger partial charge < -0.3 is 0 Å². The first-order valence-electron chi connectivity index (χ1n) is 7.27. The van der Waals surface area contributed by atoms with E-state index in [1.807, 2.05) is 0 Å². The molecule has 0 saturated heterocycles. The van der Waals surface area contributed by atoms with Gasteiger partial charge in [0.1, 0.15) is 0 Å². The number of hydrogen-bond acceptors (Lipinski definition) is 1. The molecule has 0 atom stereocenters.